The van der Waals surface area contributed by atoms with Crippen LogP contribution in [0.5, 0.6) is 0 Å². The summed E-state index contributed by atoms with van der Waals surface area (Å²) in [6, 6.07) is 3.14. The van der Waals surface area contributed by atoms with Crippen molar-refractivity contribution in [2.45, 2.75) is 57.0 Å². The van der Waals surface area contributed by atoms with Crippen LogP contribution in [0.3, 0.4) is 0 Å². The quantitative estimate of drug-likeness (QED) is 0.766. The van der Waals surface area contributed by atoms with Crippen molar-refractivity contribution in [3.05, 3.63) is 0 Å². The Kier molecular flexibility index (Phi) is 4.06. The van der Waals surface area contributed by atoms with Gasteiger partial charge in [-0.25, -0.2) is 0 Å². The molecule has 0 heterocycles. The van der Waals surface area contributed by atoms with Crippen molar-refractivity contribution in [2.75, 3.05) is 20.1 Å². The summed E-state index contributed by atoms with van der Waals surface area (Å²) in [4.78, 5) is 2.49. The highest BCUT2D eigenvalue weighted by Gasteiger charge is 2.41. The van der Waals surface area contributed by atoms with Gasteiger partial charge in [0.05, 0.1) is 6.07 Å². The minimum atomic E-state index is -0.238. The first kappa shape index (κ1) is 12.9. The molecule has 2 rings (SSSR count). The second-order valence-electron chi connectivity index (χ2n) is 5.90. The largest absolute Gasteiger partial charge is 0.303 e. The Morgan fingerprint density at radius 1 is 1.41 bits per heavy atom. The van der Waals surface area contributed by atoms with Crippen LogP contribution in [-0.2, 0) is 0 Å². The standard InChI is InChI=1S/C14H25N3/c1-3-8-16-14(11-15)7-6-13(9-14)17(2)10-12-4-5-12/h12-13,16H,3-10H2,1-2H3. The van der Waals surface area contributed by atoms with Gasteiger partial charge in [0.25, 0.3) is 0 Å². The van der Waals surface area contributed by atoms with Gasteiger partial charge in [-0.1, -0.05) is 6.92 Å². The van der Waals surface area contributed by atoms with E-state index in [9.17, 15) is 5.26 Å². The van der Waals surface area contributed by atoms with Crippen LogP contribution in [0.2, 0.25) is 0 Å². The highest BCUT2D eigenvalue weighted by Crippen LogP contribution is 2.35. The fraction of sp³-hybridized carbons (Fsp3) is 0.929. The first-order chi connectivity index (χ1) is 8.19. The summed E-state index contributed by atoms with van der Waals surface area (Å²) in [5, 5.41) is 12.9. The fourth-order valence-corrected chi connectivity index (χ4v) is 2.92. The molecule has 0 aromatic heterocycles. The molecule has 2 atom stereocenters. The molecule has 2 unspecified atom stereocenters. The molecule has 3 heteroatoms. The van der Waals surface area contributed by atoms with Gasteiger partial charge in [0, 0.05) is 12.6 Å². The zero-order valence-corrected chi connectivity index (χ0v) is 11.2. The van der Waals surface area contributed by atoms with E-state index in [0.29, 0.717) is 6.04 Å². The first-order valence-electron chi connectivity index (χ1n) is 7.05. The number of nitrogens with one attached hydrogen (secondary N) is 1. The zero-order chi connectivity index (χ0) is 12.3. The Balaban J connectivity index is 1.85. The molecule has 96 valence electrons. The monoisotopic (exact) mass is 235 g/mol. The number of hydrogen-bond donors (Lipinski definition) is 1. The molecule has 2 aliphatic rings. The Hall–Kier alpha value is -0.590. The lowest BCUT2D eigenvalue weighted by atomic mass is 9.99. The van der Waals surface area contributed by atoms with Crippen molar-refractivity contribution in [3.63, 3.8) is 0 Å². The normalized spacial score (nSPS) is 32.9. The van der Waals surface area contributed by atoms with Crippen LogP contribution < -0.4 is 5.32 Å². The Morgan fingerprint density at radius 3 is 2.76 bits per heavy atom. The average molecular weight is 235 g/mol. The van der Waals surface area contributed by atoms with Crippen LogP contribution >= 0.6 is 0 Å². The summed E-state index contributed by atoms with van der Waals surface area (Å²) >= 11 is 0. The number of nitriles is 1. The Morgan fingerprint density at radius 2 is 2.18 bits per heavy atom. The first-order valence-corrected chi connectivity index (χ1v) is 7.05. The maximum atomic E-state index is 9.41. The van der Waals surface area contributed by atoms with Gasteiger partial charge >= 0.3 is 0 Å². The van der Waals surface area contributed by atoms with E-state index in [1.165, 1.54) is 25.8 Å². The van der Waals surface area contributed by atoms with E-state index in [1.807, 2.05) is 0 Å². The molecule has 17 heavy (non-hydrogen) atoms. The molecule has 0 aromatic carbocycles. The van der Waals surface area contributed by atoms with Crippen molar-refractivity contribution in [2.24, 2.45) is 5.92 Å². The van der Waals surface area contributed by atoms with E-state index in [4.69, 9.17) is 0 Å². The maximum absolute atomic E-state index is 9.41. The predicted octanol–water partition coefficient (Wildman–Crippen LogP) is 2.14. The molecule has 2 fully saturated rings. The SMILES string of the molecule is CCCNC1(C#N)CCC(N(C)CC2CC2)C1. The third-order valence-corrected chi connectivity index (χ3v) is 4.28. The number of rotatable bonds is 6. The topological polar surface area (TPSA) is 39.1 Å². The summed E-state index contributed by atoms with van der Waals surface area (Å²) in [7, 11) is 2.23. The molecule has 2 aliphatic carbocycles. The van der Waals surface area contributed by atoms with Crippen LogP contribution in [0.1, 0.15) is 45.4 Å². The molecular weight excluding hydrogens is 210 g/mol. The van der Waals surface area contributed by atoms with E-state index in [2.05, 4.69) is 30.3 Å². The summed E-state index contributed by atoms with van der Waals surface area (Å²) < 4.78 is 0. The minimum Gasteiger partial charge on any atom is -0.303 e. The lowest BCUT2D eigenvalue weighted by Crippen LogP contribution is -2.44. The summed E-state index contributed by atoms with van der Waals surface area (Å²) in [6.07, 6.45) is 7.12. The number of hydrogen-bond acceptors (Lipinski definition) is 3. The molecule has 0 bridgehead atoms. The van der Waals surface area contributed by atoms with Gasteiger partial charge in [-0.05, 0) is 58.0 Å². The second-order valence-corrected chi connectivity index (χ2v) is 5.90. The van der Waals surface area contributed by atoms with Gasteiger partial charge in [-0.15, -0.1) is 0 Å². The van der Waals surface area contributed by atoms with E-state index in [1.54, 1.807) is 0 Å². The van der Waals surface area contributed by atoms with Crippen LogP contribution in [0, 0.1) is 17.2 Å². The van der Waals surface area contributed by atoms with E-state index in [-0.39, 0.29) is 5.54 Å². The molecule has 2 saturated carbocycles. The van der Waals surface area contributed by atoms with Crippen molar-refractivity contribution >= 4 is 0 Å². The molecule has 0 aliphatic heterocycles. The highest BCUT2D eigenvalue weighted by atomic mass is 15.2. The average Bonchev–Trinajstić information content (AvgIpc) is 3.04. The Bertz CT molecular complexity index is 292. The van der Waals surface area contributed by atoms with Crippen LogP contribution in [0.15, 0.2) is 0 Å². The van der Waals surface area contributed by atoms with Crippen LogP contribution in [0.4, 0.5) is 0 Å². The molecule has 0 aromatic rings. The number of nitrogens with zero attached hydrogens (tertiary/aromatic N) is 2. The maximum Gasteiger partial charge on any atom is 0.108 e. The molecule has 0 saturated heterocycles. The van der Waals surface area contributed by atoms with Crippen molar-refractivity contribution in [1.29, 1.82) is 5.26 Å². The van der Waals surface area contributed by atoms with Crippen molar-refractivity contribution in [3.8, 4) is 6.07 Å². The van der Waals surface area contributed by atoms with Crippen molar-refractivity contribution < 1.29 is 0 Å². The van der Waals surface area contributed by atoms with E-state index < -0.39 is 0 Å². The zero-order valence-electron chi connectivity index (χ0n) is 11.2. The molecule has 0 spiro atoms. The molecular formula is C14H25N3. The molecule has 0 amide bonds. The molecule has 1 N–H and O–H groups in total. The van der Waals surface area contributed by atoms with Gasteiger partial charge in [-0.2, -0.15) is 5.26 Å². The van der Waals surface area contributed by atoms with Crippen LogP contribution in [-0.4, -0.2) is 36.6 Å². The highest BCUT2D eigenvalue weighted by molar-refractivity contribution is 5.13. The van der Waals surface area contributed by atoms with Gasteiger partial charge < -0.3 is 4.90 Å². The third kappa shape index (κ3) is 3.20. The van der Waals surface area contributed by atoms with Gasteiger partial charge in [0.15, 0.2) is 0 Å². The fourth-order valence-electron chi connectivity index (χ4n) is 2.92. The van der Waals surface area contributed by atoms with Gasteiger partial charge in [0.2, 0.25) is 0 Å². The Labute approximate surface area is 105 Å². The summed E-state index contributed by atoms with van der Waals surface area (Å²) in [6.45, 7) is 4.36. The smallest absolute Gasteiger partial charge is 0.108 e. The van der Waals surface area contributed by atoms with Crippen molar-refractivity contribution in [1.82, 2.24) is 10.2 Å². The lowest BCUT2D eigenvalue weighted by Gasteiger charge is -2.27. The third-order valence-electron chi connectivity index (χ3n) is 4.28. The van der Waals surface area contributed by atoms with Gasteiger partial charge in [0.1, 0.15) is 5.54 Å². The van der Waals surface area contributed by atoms with Crippen LogP contribution in [0.25, 0.3) is 0 Å². The van der Waals surface area contributed by atoms with E-state index in [0.717, 1.165) is 31.7 Å². The predicted molar refractivity (Wildman–Crippen MR) is 69.6 cm³/mol. The lowest BCUT2D eigenvalue weighted by molar-refractivity contribution is 0.227. The summed E-state index contributed by atoms with van der Waals surface area (Å²) in [5.41, 5.74) is -0.238. The molecule has 3 nitrogen and oxygen atoms in total. The molecule has 0 radical (unpaired) electrons. The second kappa shape index (κ2) is 5.37. The summed E-state index contributed by atoms with van der Waals surface area (Å²) in [5.74, 6) is 0.945. The minimum absolute atomic E-state index is 0.238. The van der Waals surface area contributed by atoms with E-state index >= 15 is 0 Å². The van der Waals surface area contributed by atoms with Gasteiger partial charge in [-0.3, -0.25) is 5.32 Å².